The number of morpholine rings is 1. The monoisotopic (exact) mass is 281 g/mol. The van der Waals surface area contributed by atoms with Crippen LogP contribution in [0.2, 0.25) is 5.02 Å². The van der Waals surface area contributed by atoms with Crippen LogP contribution in [-0.4, -0.2) is 31.7 Å². The fourth-order valence-corrected chi connectivity index (χ4v) is 2.88. The molecule has 0 aliphatic carbocycles. The van der Waals surface area contributed by atoms with Crippen molar-refractivity contribution in [2.75, 3.05) is 30.0 Å². The van der Waals surface area contributed by atoms with Crippen LogP contribution >= 0.6 is 11.6 Å². The number of nitrogens with two attached hydrogens (primary N) is 1. The number of ether oxygens (including phenoxy) is 1. The van der Waals surface area contributed by atoms with Crippen molar-refractivity contribution in [1.29, 1.82) is 0 Å². The van der Waals surface area contributed by atoms with Crippen LogP contribution in [0.5, 0.6) is 0 Å². The minimum Gasteiger partial charge on any atom is -0.377 e. The highest BCUT2D eigenvalue weighted by Crippen LogP contribution is 2.38. The van der Waals surface area contributed by atoms with Crippen molar-refractivity contribution in [3.8, 4) is 0 Å². The third-order valence-corrected chi connectivity index (χ3v) is 3.97. The van der Waals surface area contributed by atoms with E-state index in [1.54, 1.807) is 6.07 Å². The Hall–Kier alpha value is -1.30. The van der Waals surface area contributed by atoms with Crippen LogP contribution in [0, 0.1) is 0 Å². The lowest BCUT2D eigenvalue weighted by molar-refractivity contribution is -0.116. The van der Waals surface area contributed by atoms with Gasteiger partial charge >= 0.3 is 0 Å². The van der Waals surface area contributed by atoms with Crippen molar-refractivity contribution < 1.29 is 9.53 Å². The summed E-state index contributed by atoms with van der Waals surface area (Å²) in [4.78, 5) is 13.8. The molecule has 2 aliphatic heterocycles. The Labute approximate surface area is 116 Å². The minimum atomic E-state index is -0.622. The molecule has 2 heterocycles. The molecule has 3 N–H and O–H groups in total. The van der Waals surface area contributed by atoms with E-state index >= 15 is 0 Å². The minimum absolute atomic E-state index is 0.182. The Kier molecular flexibility index (Phi) is 3.12. The highest BCUT2D eigenvalue weighted by molar-refractivity contribution is 6.33. The van der Waals surface area contributed by atoms with Crippen molar-refractivity contribution in [2.45, 2.75) is 19.0 Å². The fraction of sp³-hybridized carbons (Fsp3) is 0.462. The van der Waals surface area contributed by atoms with Gasteiger partial charge in [-0.3, -0.25) is 4.79 Å². The molecule has 2 unspecified atom stereocenters. The number of hydrogen-bond acceptors (Lipinski definition) is 4. The molecule has 1 fully saturated rings. The lowest BCUT2D eigenvalue weighted by Crippen LogP contribution is -2.43. The maximum Gasteiger partial charge on any atom is 0.245 e. The Morgan fingerprint density at radius 1 is 1.53 bits per heavy atom. The number of carbonyl (C=O) groups is 1. The molecule has 0 bridgehead atoms. The number of rotatable bonds is 1. The normalized spacial score (nSPS) is 26.3. The Morgan fingerprint density at radius 3 is 3.05 bits per heavy atom. The molecule has 1 amide bonds. The van der Waals surface area contributed by atoms with Gasteiger partial charge in [-0.25, -0.2) is 0 Å². The SMILES string of the molecule is CC1COCCN1c1cc2c(cc1Cl)C(N)C(=O)N2. The van der Waals surface area contributed by atoms with E-state index in [2.05, 4.69) is 17.1 Å². The maximum absolute atomic E-state index is 11.6. The largest absolute Gasteiger partial charge is 0.377 e. The van der Waals surface area contributed by atoms with Crippen LogP contribution in [-0.2, 0) is 9.53 Å². The third kappa shape index (κ3) is 2.08. The van der Waals surface area contributed by atoms with Crippen LogP contribution in [0.1, 0.15) is 18.5 Å². The van der Waals surface area contributed by atoms with Gasteiger partial charge in [-0.15, -0.1) is 0 Å². The molecule has 1 saturated heterocycles. The Balaban J connectivity index is 2.00. The number of benzene rings is 1. The first-order chi connectivity index (χ1) is 9.08. The number of hydrogen-bond donors (Lipinski definition) is 2. The highest BCUT2D eigenvalue weighted by atomic mass is 35.5. The number of amides is 1. The molecule has 3 rings (SSSR count). The topological polar surface area (TPSA) is 67.6 Å². The second-order valence-corrected chi connectivity index (χ2v) is 5.38. The molecule has 19 heavy (non-hydrogen) atoms. The maximum atomic E-state index is 11.6. The van der Waals surface area contributed by atoms with E-state index in [9.17, 15) is 4.79 Å². The average Bonchev–Trinajstić information content (AvgIpc) is 2.66. The van der Waals surface area contributed by atoms with E-state index in [1.807, 2.05) is 6.07 Å². The van der Waals surface area contributed by atoms with Gasteiger partial charge in [0, 0.05) is 23.8 Å². The van der Waals surface area contributed by atoms with Crippen molar-refractivity contribution in [3.63, 3.8) is 0 Å². The second-order valence-electron chi connectivity index (χ2n) is 4.98. The number of nitrogens with one attached hydrogen (secondary N) is 1. The predicted octanol–water partition coefficient (Wildman–Crippen LogP) is 1.52. The predicted molar refractivity (Wildman–Crippen MR) is 74.6 cm³/mol. The van der Waals surface area contributed by atoms with Crippen LogP contribution in [0.4, 0.5) is 11.4 Å². The first kappa shape index (κ1) is 12.7. The van der Waals surface area contributed by atoms with E-state index in [4.69, 9.17) is 22.1 Å². The molecule has 0 spiro atoms. The quantitative estimate of drug-likeness (QED) is 0.819. The highest BCUT2D eigenvalue weighted by Gasteiger charge is 2.30. The third-order valence-electron chi connectivity index (χ3n) is 3.67. The number of nitrogens with zero attached hydrogens (tertiary/aromatic N) is 1. The summed E-state index contributed by atoms with van der Waals surface area (Å²) in [6.07, 6.45) is 0. The summed E-state index contributed by atoms with van der Waals surface area (Å²) in [6, 6.07) is 3.33. The number of fused-ring (bicyclic) bond motifs is 1. The molecule has 0 saturated carbocycles. The first-order valence-corrected chi connectivity index (χ1v) is 6.70. The zero-order valence-electron chi connectivity index (χ0n) is 10.6. The molecule has 1 aromatic rings. The first-order valence-electron chi connectivity index (χ1n) is 6.32. The van der Waals surface area contributed by atoms with Crippen molar-refractivity contribution in [1.82, 2.24) is 0 Å². The summed E-state index contributed by atoms with van der Waals surface area (Å²) in [5.41, 5.74) is 8.26. The summed E-state index contributed by atoms with van der Waals surface area (Å²) in [6.45, 7) is 4.25. The van der Waals surface area contributed by atoms with Crippen LogP contribution in [0.25, 0.3) is 0 Å². The fourth-order valence-electron chi connectivity index (χ4n) is 2.60. The van der Waals surface area contributed by atoms with Crippen molar-refractivity contribution in [3.05, 3.63) is 22.7 Å². The van der Waals surface area contributed by atoms with Gasteiger partial charge in [0.25, 0.3) is 0 Å². The molecule has 0 aromatic heterocycles. The average molecular weight is 282 g/mol. The molecule has 0 radical (unpaired) electrons. The standard InChI is InChI=1S/C13H16ClN3O2/c1-7-6-19-3-2-17(7)11-5-10-8(4-9(11)14)12(15)13(18)16-10/h4-5,7,12H,2-3,6,15H2,1H3,(H,16,18). The molecular formula is C13H16ClN3O2. The molecule has 2 atom stereocenters. The smallest absolute Gasteiger partial charge is 0.245 e. The van der Waals surface area contributed by atoms with E-state index in [-0.39, 0.29) is 11.9 Å². The molecule has 1 aromatic carbocycles. The summed E-state index contributed by atoms with van der Waals surface area (Å²) in [7, 11) is 0. The van der Waals surface area contributed by atoms with Gasteiger partial charge in [0.05, 0.1) is 23.9 Å². The summed E-state index contributed by atoms with van der Waals surface area (Å²) in [5.74, 6) is -0.182. The number of anilines is 2. The lowest BCUT2D eigenvalue weighted by atomic mass is 10.1. The summed E-state index contributed by atoms with van der Waals surface area (Å²) < 4.78 is 5.43. The van der Waals surface area contributed by atoms with Gasteiger partial charge in [-0.05, 0) is 19.1 Å². The van der Waals surface area contributed by atoms with Gasteiger partial charge in [0.1, 0.15) is 6.04 Å². The summed E-state index contributed by atoms with van der Waals surface area (Å²) >= 11 is 6.34. The molecule has 5 nitrogen and oxygen atoms in total. The van der Waals surface area contributed by atoms with Gasteiger partial charge in [0.15, 0.2) is 0 Å². The van der Waals surface area contributed by atoms with Gasteiger partial charge in [-0.1, -0.05) is 11.6 Å². The lowest BCUT2D eigenvalue weighted by Gasteiger charge is -2.36. The molecular weight excluding hydrogens is 266 g/mol. The molecule has 102 valence electrons. The van der Waals surface area contributed by atoms with E-state index in [0.29, 0.717) is 18.2 Å². The van der Waals surface area contributed by atoms with Crippen molar-refractivity contribution in [2.24, 2.45) is 5.73 Å². The summed E-state index contributed by atoms with van der Waals surface area (Å²) in [5, 5.41) is 3.41. The van der Waals surface area contributed by atoms with Crippen LogP contribution in [0.15, 0.2) is 12.1 Å². The van der Waals surface area contributed by atoms with Crippen molar-refractivity contribution >= 4 is 28.9 Å². The molecule has 2 aliphatic rings. The zero-order chi connectivity index (χ0) is 13.6. The van der Waals surface area contributed by atoms with Gasteiger partial charge in [0.2, 0.25) is 5.91 Å². The van der Waals surface area contributed by atoms with Crippen LogP contribution in [0.3, 0.4) is 0 Å². The number of carbonyl (C=O) groups excluding carboxylic acids is 1. The Bertz CT molecular complexity index is 535. The van der Waals surface area contributed by atoms with E-state index in [0.717, 1.165) is 23.5 Å². The molecule has 6 heteroatoms. The van der Waals surface area contributed by atoms with Gasteiger partial charge in [-0.2, -0.15) is 0 Å². The Morgan fingerprint density at radius 2 is 2.32 bits per heavy atom. The van der Waals surface area contributed by atoms with Gasteiger partial charge < -0.3 is 20.7 Å². The van der Waals surface area contributed by atoms with Crippen LogP contribution < -0.4 is 16.0 Å². The van der Waals surface area contributed by atoms with E-state index in [1.165, 1.54) is 0 Å². The zero-order valence-corrected chi connectivity index (χ0v) is 11.4. The second kappa shape index (κ2) is 4.67. The number of halogens is 1. The van der Waals surface area contributed by atoms with E-state index < -0.39 is 6.04 Å².